The molecule has 24 heavy (non-hydrogen) atoms. The van der Waals surface area contributed by atoms with Gasteiger partial charge in [-0.05, 0) is 25.7 Å². The normalized spacial score (nSPS) is 12.4. The molecule has 1 atom stereocenters. The number of aliphatic carboxylic acids is 1. The summed E-state index contributed by atoms with van der Waals surface area (Å²) in [4.78, 5) is 10.3. The van der Waals surface area contributed by atoms with E-state index in [-0.39, 0.29) is 18.6 Å². The van der Waals surface area contributed by atoms with Gasteiger partial charge in [0.1, 0.15) is 6.10 Å². The number of carbonyl (C=O) groups is 1. The van der Waals surface area contributed by atoms with Gasteiger partial charge < -0.3 is 10.2 Å². The summed E-state index contributed by atoms with van der Waals surface area (Å²) in [5.74, 6) is 4.53. The molecule has 0 aromatic heterocycles. The van der Waals surface area contributed by atoms with Crippen LogP contribution in [0.2, 0.25) is 0 Å². The molecule has 0 aliphatic carbocycles. The molecule has 0 heterocycles. The van der Waals surface area contributed by atoms with Gasteiger partial charge in [0.05, 0.1) is 5.75 Å². The third kappa shape index (κ3) is 15.8. The number of rotatable bonds is 14. The van der Waals surface area contributed by atoms with E-state index in [9.17, 15) is 18.3 Å². The van der Waals surface area contributed by atoms with Gasteiger partial charge in [0.2, 0.25) is 10.0 Å². The average molecular weight is 362 g/mol. The van der Waals surface area contributed by atoms with Gasteiger partial charge >= 0.3 is 5.97 Å². The molecular weight excluding hydrogens is 330 g/mol. The lowest BCUT2D eigenvalue weighted by Gasteiger charge is -2.05. The van der Waals surface area contributed by atoms with Gasteiger partial charge in [0.15, 0.2) is 0 Å². The van der Waals surface area contributed by atoms with E-state index in [1.54, 1.807) is 0 Å². The van der Waals surface area contributed by atoms with E-state index in [1.807, 2.05) is 0 Å². The molecule has 0 bridgehead atoms. The van der Waals surface area contributed by atoms with Gasteiger partial charge in [-0.2, -0.15) is 0 Å². The number of unbranched alkanes of at least 4 members (excludes halogenated alkanes) is 5. The van der Waals surface area contributed by atoms with Crippen molar-refractivity contribution in [2.75, 3.05) is 12.3 Å². The van der Waals surface area contributed by atoms with Crippen molar-refractivity contribution in [2.24, 2.45) is 0 Å². The number of sulfonamides is 1. The lowest BCUT2D eigenvalue weighted by molar-refractivity contribution is -0.137. The molecule has 0 spiro atoms. The summed E-state index contributed by atoms with van der Waals surface area (Å²) >= 11 is 0. The first-order valence-electron chi connectivity index (χ1n) is 8.73. The van der Waals surface area contributed by atoms with E-state index < -0.39 is 22.1 Å². The van der Waals surface area contributed by atoms with E-state index in [1.165, 1.54) is 0 Å². The summed E-state index contributed by atoms with van der Waals surface area (Å²) in [5.41, 5.74) is 0. The molecular formula is C17H31NO5S. The fraction of sp³-hybridized carbons (Fsp3) is 0.824. The Morgan fingerprint density at radius 3 is 2.50 bits per heavy atom. The summed E-state index contributed by atoms with van der Waals surface area (Å²) in [7, 11) is -3.33. The molecule has 1 unspecified atom stereocenters. The van der Waals surface area contributed by atoms with Crippen LogP contribution in [-0.4, -0.2) is 43.0 Å². The van der Waals surface area contributed by atoms with Crippen LogP contribution in [0, 0.1) is 11.8 Å². The number of aliphatic hydroxyl groups excluding tert-OH is 1. The lowest BCUT2D eigenvalue weighted by atomic mass is 10.1. The van der Waals surface area contributed by atoms with Crippen molar-refractivity contribution in [1.82, 2.24) is 4.72 Å². The number of hydrogen-bond acceptors (Lipinski definition) is 4. The summed E-state index contributed by atoms with van der Waals surface area (Å²) in [6.07, 6.45) is 6.32. The highest BCUT2D eigenvalue weighted by Crippen LogP contribution is 2.03. The Labute approximate surface area is 146 Å². The van der Waals surface area contributed by atoms with Crippen LogP contribution >= 0.6 is 0 Å². The highest BCUT2D eigenvalue weighted by Gasteiger charge is 2.08. The molecule has 7 heteroatoms. The van der Waals surface area contributed by atoms with Crippen LogP contribution in [0.25, 0.3) is 0 Å². The molecule has 0 aromatic carbocycles. The van der Waals surface area contributed by atoms with Crippen molar-refractivity contribution in [2.45, 2.75) is 77.2 Å². The van der Waals surface area contributed by atoms with Crippen LogP contribution in [0.15, 0.2) is 0 Å². The highest BCUT2D eigenvalue weighted by molar-refractivity contribution is 7.89. The molecule has 140 valence electrons. The molecule has 0 saturated heterocycles. The third-order valence-electron chi connectivity index (χ3n) is 3.48. The van der Waals surface area contributed by atoms with Crippen molar-refractivity contribution in [1.29, 1.82) is 0 Å². The number of carboxylic acid groups (broad SMARTS) is 1. The van der Waals surface area contributed by atoms with Crippen molar-refractivity contribution in [3.8, 4) is 11.8 Å². The molecule has 0 rings (SSSR count). The Morgan fingerprint density at radius 2 is 1.83 bits per heavy atom. The van der Waals surface area contributed by atoms with Gasteiger partial charge in [-0.1, -0.05) is 44.4 Å². The molecule has 0 aliphatic heterocycles. The topological polar surface area (TPSA) is 104 Å². The highest BCUT2D eigenvalue weighted by atomic mass is 32.2. The van der Waals surface area contributed by atoms with E-state index in [0.717, 1.165) is 32.1 Å². The first-order valence-corrected chi connectivity index (χ1v) is 10.4. The smallest absolute Gasteiger partial charge is 0.303 e. The quantitative estimate of drug-likeness (QED) is 0.325. The van der Waals surface area contributed by atoms with Crippen LogP contribution in [0.5, 0.6) is 0 Å². The van der Waals surface area contributed by atoms with Crippen LogP contribution < -0.4 is 4.72 Å². The van der Waals surface area contributed by atoms with Gasteiger partial charge in [-0.3, -0.25) is 4.79 Å². The second kappa shape index (κ2) is 14.3. The zero-order valence-electron chi connectivity index (χ0n) is 14.6. The second-order valence-electron chi connectivity index (χ2n) is 5.85. The maximum atomic E-state index is 11.7. The minimum absolute atomic E-state index is 0.0688. The van der Waals surface area contributed by atoms with Gasteiger partial charge in [-0.15, -0.1) is 0 Å². The fourth-order valence-corrected chi connectivity index (χ4v) is 3.06. The maximum absolute atomic E-state index is 11.7. The largest absolute Gasteiger partial charge is 0.481 e. The molecule has 6 nitrogen and oxygen atoms in total. The summed E-state index contributed by atoms with van der Waals surface area (Å²) < 4.78 is 26.0. The summed E-state index contributed by atoms with van der Waals surface area (Å²) in [6, 6.07) is 0. The zero-order valence-corrected chi connectivity index (χ0v) is 15.4. The van der Waals surface area contributed by atoms with Crippen molar-refractivity contribution >= 4 is 16.0 Å². The first kappa shape index (κ1) is 22.9. The van der Waals surface area contributed by atoms with Crippen LogP contribution in [-0.2, 0) is 14.8 Å². The predicted octanol–water partition coefficient (Wildman–Crippen LogP) is 2.28. The van der Waals surface area contributed by atoms with Crippen LogP contribution in [0.1, 0.15) is 71.1 Å². The molecule has 0 aromatic rings. The molecule has 3 N–H and O–H groups in total. The second-order valence-corrected chi connectivity index (χ2v) is 7.78. The average Bonchev–Trinajstić information content (AvgIpc) is 2.50. The number of nitrogens with one attached hydrogen (secondary N) is 1. The Balaban J connectivity index is 3.73. The Hall–Kier alpha value is -1.10. The van der Waals surface area contributed by atoms with Crippen molar-refractivity contribution < 1.29 is 23.4 Å². The standard InChI is InChI=1S/C17H31NO5S/c1-2-3-6-11-16(19)12-8-10-15-24(22,23)18-14-9-5-4-7-13-17(20)21/h16,18-19H,2-7,9-11,13-15H2,1H3,(H,20,21). The first-order chi connectivity index (χ1) is 11.4. The predicted molar refractivity (Wildman–Crippen MR) is 95.1 cm³/mol. The third-order valence-corrected chi connectivity index (χ3v) is 4.87. The number of hydrogen-bond donors (Lipinski definition) is 3. The monoisotopic (exact) mass is 361 g/mol. The Kier molecular flexibility index (Phi) is 13.6. The summed E-state index contributed by atoms with van der Waals surface area (Å²) in [5, 5.41) is 18.1. The molecule has 0 amide bonds. The molecule has 0 saturated carbocycles. The minimum atomic E-state index is -3.33. The summed E-state index contributed by atoms with van der Waals surface area (Å²) in [6.45, 7) is 2.45. The Morgan fingerprint density at radius 1 is 1.12 bits per heavy atom. The van der Waals surface area contributed by atoms with E-state index in [4.69, 9.17) is 5.11 Å². The zero-order chi connectivity index (χ0) is 18.3. The van der Waals surface area contributed by atoms with E-state index in [0.29, 0.717) is 25.8 Å². The van der Waals surface area contributed by atoms with Gasteiger partial charge in [0, 0.05) is 19.4 Å². The Bertz CT molecular complexity index is 493. The fourth-order valence-electron chi connectivity index (χ4n) is 2.09. The lowest BCUT2D eigenvalue weighted by Crippen LogP contribution is -2.27. The number of carboxylic acids is 1. The maximum Gasteiger partial charge on any atom is 0.303 e. The molecule has 0 fully saturated rings. The van der Waals surface area contributed by atoms with E-state index in [2.05, 4.69) is 23.5 Å². The van der Waals surface area contributed by atoms with Gasteiger partial charge in [0.25, 0.3) is 0 Å². The van der Waals surface area contributed by atoms with E-state index >= 15 is 0 Å². The minimum Gasteiger partial charge on any atom is -0.481 e. The van der Waals surface area contributed by atoms with Gasteiger partial charge in [-0.25, -0.2) is 13.1 Å². The van der Waals surface area contributed by atoms with Crippen LogP contribution in [0.4, 0.5) is 0 Å². The van der Waals surface area contributed by atoms with Crippen molar-refractivity contribution in [3.63, 3.8) is 0 Å². The number of aliphatic hydroxyl groups is 1. The van der Waals surface area contributed by atoms with Crippen LogP contribution in [0.3, 0.4) is 0 Å². The molecule has 0 radical (unpaired) electrons. The molecule has 0 aliphatic rings. The SMILES string of the molecule is CCCCCC(O)C#CCCS(=O)(=O)NCCCCCCC(=O)O. The van der Waals surface area contributed by atoms with Crippen molar-refractivity contribution in [3.05, 3.63) is 0 Å².